The summed E-state index contributed by atoms with van der Waals surface area (Å²) in [6.45, 7) is 3.86. The van der Waals surface area contributed by atoms with Crippen LogP contribution in [0.15, 0.2) is 66.9 Å². The molecule has 0 aliphatic carbocycles. The van der Waals surface area contributed by atoms with Gasteiger partial charge in [-0.15, -0.1) is 0 Å². The zero-order valence-electron chi connectivity index (χ0n) is 20.6. The van der Waals surface area contributed by atoms with E-state index in [-0.39, 0.29) is 12.5 Å². The number of hydrogen-bond donors (Lipinski definition) is 1. The van der Waals surface area contributed by atoms with Crippen molar-refractivity contribution in [3.05, 3.63) is 89.2 Å². The number of carboxylic acids is 1. The number of aliphatic carboxylic acids is 1. The maximum Gasteiger partial charge on any atom is 0.415 e. The van der Waals surface area contributed by atoms with Crippen molar-refractivity contribution in [3.63, 3.8) is 0 Å². The van der Waals surface area contributed by atoms with Crippen LogP contribution < -0.4 is 9.47 Å². The van der Waals surface area contributed by atoms with Crippen LogP contribution in [-0.2, 0) is 24.1 Å². The quantitative estimate of drug-likeness (QED) is 0.451. The molecule has 36 heavy (non-hydrogen) atoms. The van der Waals surface area contributed by atoms with Gasteiger partial charge >= 0.3 is 12.1 Å². The van der Waals surface area contributed by atoms with Crippen LogP contribution in [0.4, 0.5) is 4.79 Å². The summed E-state index contributed by atoms with van der Waals surface area (Å²) in [6.07, 6.45) is 5.01. The minimum atomic E-state index is -0.849. The molecule has 1 aliphatic heterocycles. The van der Waals surface area contributed by atoms with Gasteiger partial charge in [0.2, 0.25) is 0 Å². The van der Waals surface area contributed by atoms with E-state index >= 15 is 0 Å². The lowest BCUT2D eigenvalue weighted by Gasteiger charge is -2.31. The van der Waals surface area contributed by atoms with Crippen molar-refractivity contribution >= 4 is 12.1 Å². The molecular formula is C29H32N2O5. The third-order valence-electron chi connectivity index (χ3n) is 6.41. The predicted molar refractivity (Wildman–Crippen MR) is 136 cm³/mol. The van der Waals surface area contributed by atoms with Crippen molar-refractivity contribution in [1.29, 1.82) is 0 Å². The van der Waals surface area contributed by atoms with Gasteiger partial charge in [-0.25, -0.2) is 4.79 Å². The fourth-order valence-corrected chi connectivity index (χ4v) is 4.18. The van der Waals surface area contributed by atoms with Gasteiger partial charge in [0.1, 0.15) is 11.5 Å². The fourth-order valence-electron chi connectivity index (χ4n) is 4.18. The summed E-state index contributed by atoms with van der Waals surface area (Å²) >= 11 is 0. The van der Waals surface area contributed by atoms with Gasteiger partial charge in [-0.3, -0.25) is 9.78 Å². The number of hydrogen-bond acceptors (Lipinski definition) is 5. The Balaban J connectivity index is 1.16. The number of carboxylic acid groups (broad SMARTS) is 1. The van der Waals surface area contributed by atoms with E-state index in [0.29, 0.717) is 31.4 Å². The van der Waals surface area contributed by atoms with E-state index in [4.69, 9.17) is 14.6 Å². The Morgan fingerprint density at radius 2 is 1.58 bits per heavy atom. The van der Waals surface area contributed by atoms with E-state index in [9.17, 15) is 9.59 Å². The van der Waals surface area contributed by atoms with E-state index in [1.807, 2.05) is 37.4 Å². The molecule has 2 heterocycles. The second kappa shape index (κ2) is 12.2. The Kier molecular flexibility index (Phi) is 8.55. The number of benzene rings is 2. The summed E-state index contributed by atoms with van der Waals surface area (Å²) < 4.78 is 11.5. The number of aromatic nitrogens is 1. The van der Waals surface area contributed by atoms with E-state index in [1.165, 1.54) is 5.56 Å². The molecule has 0 unspecified atom stereocenters. The first-order chi connectivity index (χ1) is 17.4. The lowest BCUT2D eigenvalue weighted by Crippen LogP contribution is -2.41. The Labute approximate surface area is 211 Å². The molecule has 0 spiro atoms. The van der Waals surface area contributed by atoms with Gasteiger partial charge in [0.15, 0.2) is 0 Å². The van der Waals surface area contributed by atoms with Crippen molar-refractivity contribution in [2.75, 3.05) is 19.7 Å². The van der Waals surface area contributed by atoms with Gasteiger partial charge in [0, 0.05) is 25.0 Å². The number of pyridine rings is 1. The molecule has 1 amide bonds. The smallest absolute Gasteiger partial charge is 0.415 e. The van der Waals surface area contributed by atoms with Crippen LogP contribution in [0.25, 0.3) is 0 Å². The summed E-state index contributed by atoms with van der Waals surface area (Å²) in [7, 11) is 0. The van der Waals surface area contributed by atoms with Gasteiger partial charge < -0.3 is 19.5 Å². The third-order valence-corrected chi connectivity index (χ3v) is 6.41. The lowest BCUT2D eigenvalue weighted by molar-refractivity contribution is -0.136. The molecule has 1 N–H and O–H groups in total. The topological polar surface area (TPSA) is 89.0 Å². The summed E-state index contributed by atoms with van der Waals surface area (Å²) in [5.41, 5.74) is 4.15. The van der Waals surface area contributed by atoms with Crippen molar-refractivity contribution in [2.24, 2.45) is 5.92 Å². The number of ether oxygens (including phenoxy) is 2. The summed E-state index contributed by atoms with van der Waals surface area (Å²) in [4.78, 5) is 29.6. The van der Waals surface area contributed by atoms with Crippen molar-refractivity contribution in [3.8, 4) is 11.5 Å². The second-order valence-electron chi connectivity index (χ2n) is 9.29. The van der Waals surface area contributed by atoms with E-state index in [2.05, 4.69) is 17.1 Å². The number of amides is 1. The molecule has 1 fully saturated rings. The van der Waals surface area contributed by atoms with E-state index in [1.54, 1.807) is 29.2 Å². The average Bonchev–Trinajstić information content (AvgIpc) is 2.89. The molecule has 4 rings (SSSR count). The first-order valence-corrected chi connectivity index (χ1v) is 12.4. The molecule has 3 aromatic rings. The summed E-state index contributed by atoms with van der Waals surface area (Å²) in [6, 6.07) is 19.0. The average molecular weight is 489 g/mol. The van der Waals surface area contributed by atoms with Crippen LogP contribution in [-0.4, -0.2) is 46.7 Å². The second-order valence-corrected chi connectivity index (χ2v) is 9.29. The predicted octanol–water partition coefficient (Wildman–Crippen LogP) is 5.09. The van der Waals surface area contributed by atoms with Gasteiger partial charge in [0.25, 0.3) is 0 Å². The van der Waals surface area contributed by atoms with Gasteiger partial charge in [-0.05, 0) is 85.5 Å². The van der Waals surface area contributed by atoms with E-state index in [0.717, 1.165) is 48.3 Å². The maximum atomic E-state index is 12.6. The Bertz CT molecular complexity index is 1140. The highest BCUT2D eigenvalue weighted by atomic mass is 16.6. The van der Waals surface area contributed by atoms with Crippen LogP contribution in [0.5, 0.6) is 11.5 Å². The van der Waals surface area contributed by atoms with Crippen molar-refractivity contribution in [1.82, 2.24) is 9.88 Å². The number of nitrogens with zero attached hydrogens (tertiary/aromatic N) is 2. The SMILES string of the molecule is Cc1ccc(CCc2ccc(OC(=O)N3CCC(COc4ccc(CC(=O)O)cc4)CC3)cc2)nc1. The lowest BCUT2D eigenvalue weighted by atomic mass is 9.98. The molecule has 0 saturated carbocycles. The standard InChI is InChI=1S/C29H32N2O5/c1-21-2-8-25(30-19-21)9-3-22-4-12-27(13-5-22)36-29(34)31-16-14-24(15-17-31)20-35-26-10-6-23(7-11-26)18-28(32)33/h2,4-8,10-13,19,24H,3,9,14-18,20H2,1H3,(H,32,33). The maximum absolute atomic E-state index is 12.6. The Hall–Kier alpha value is -3.87. The number of carbonyl (C=O) groups is 2. The van der Waals surface area contributed by atoms with Gasteiger partial charge in [0.05, 0.1) is 13.0 Å². The molecule has 1 saturated heterocycles. The molecule has 1 aliphatic rings. The molecule has 7 nitrogen and oxygen atoms in total. The molecule has 7 heteroatoms. The van der Waals surface area contributed by atoms with Crippen LogP contribution in [0.2, 0.25) is 0 Å². The van der Waals surface area contributed by atoms with Crippen LogP contribution in [0.3, 0.4) is 0 Å². The molecule has 1 aromatic heterocycles. The minimum Gasteiger partial charge on any atom is -0.493 e. The first kappa shape index (κ1) is 25.2. The van der Waals surface area contributed by atoms with Crippen molar-refractivity contribution in [2.45, 2.75) is 39.0 Å². The summed E-state index contributed by atoms with van der Waals surface area (Å²) in [5.74, 6) is 0.784. The normalized spacial score (nSPS) is 13.9. The molecule has 2 aromatic carbocycles. The number of piperidine rings is 1. The molecule has 0 radical (unpaired) electrons. The van der Waals surface area contributed by atoms with Crippen LogP contribution in [0, 0.1) is 12.8 Å². The first-order valence-electron chi connectivity index (χ1n) is 12.4. The van der Waals surface area contributed by atoms with Crippen LogP contribution >= 0.6 is 0 Å². The summed E-state index contributed by atoms with van der Waals surface area (Å²) in [5, 5.41) is 8.86. The van der Waals surface area contributed by atoms with Gasteiger partial charge in [-0.1, -0.05) is 30.3 Å². The van der Waals surface area contributed by atoms with Crippen LogP contribution in [0.1, 0.15) is 35.2 Å². The Morgan fingerprint density at radius 1 is 0.917 bits per heavy atom. The zero-order chi connectivity index (χ0) is 25.3. The number of likely N-dealkylation sites (tertiary alicyclic amines) is 1. The highest BCUT2D eigenvalue weighted by Gasteiger charge is 2.24. The molecule has 0 atom stereocenters. The number of aryl methyl sites for hydroxylation is 3. The molecule has 188 valence electrons. The van der Waals surface area contributed by atoms with E-state index < -0.39 is 5.97 Å². The Morgan fingerprint density at radius 3 is 2.22 bits per heavy atom. The number of carbonyl (C=O) groups excluding carboxylic acids is 1. The highest BCUT2D eigenvalue weighted by molar-refractivity contribution is 5.71. The third kappa shape index (κ3) is 7.57. The largest absolute Gasteiger partial charge is 0.493 e. The monoisotopic (exact) mass is 488 g/mol. The molecule has 0 bridgehead atoms. The fraction of sp³-hybridized carbons (Fsp3) is 0.345. The molecular weight excluding hydrogens is 456 g/mol. The van der Waals surface area contributed by atoms with Crippen molar-refractivity contribution < 1.29 is 24.2 Å². The van der Waals surface area contributed by atoms with Gasteiger partial charge in [-0.2, -0.15) is 0 Å². The number of rotatable bonds is 9. The highest BCUT2D eigenvalue weighted by Crippen LogP contribution is 2.22. The zero-order valence-corrected chi connectivity index (χ0v) is 20.6. The minimum absolute atomic E-state index is 0.00468.